The summed E-state index contributed by atoms with van der Waals surface area (Å²) in [6, 6.07) is 7.38. The fourth-order valence-electron chi connectivity index (χ4n) is 1.22. The van der Waals surface area contributed by atoms with Crippen LogP contribution < -0.4 is 5.32 Å². The highest BCUT2D eigenvalue weighted by Gasteiger charge is 2.03. The monoisotopic (exact) mass is 209 g/mol. The van der Waals surface area contributed by atoms with Crippen molar-refractivity contribution < 1.29 is 4.79 Å². The summed E-state index contributed by atoms with van der Waals surface area (Å²) in [6.45, 7) is 0. The number of anilines is 1. The molecule has 2 heterocycles. The van der Waals surface area contributed by atoms with Crippen LogP contribution in [-0.4, -0.2) is 21.4 Å². The maximum atomic E-state index is 11.1. The maximum Gasteiger partial charge on any atom is 0.240 e. The SMILES string of the molecule is O=C(CCl)Nc1cccc2ccnn12. The fraction of sp³-hybridized carbons (Fsp3) is 0.111. The van der Waals surface area contributed by atoms with E-state index in [9.17, 15) is 4.79 Å². The lowest BCUT2D eigenvalue weighted by molar-refractivity contribution is -0.113. The van der Waals surface area contributed by atoms with Crippen LogP contribution in [0.2, 0.25) is 0 Å². The number of fused-ring (bicyclic) bond motifs is 1. The molecule has 0 unspecified atom stereocenters. The Balaban J connectivity index is 2.41. The van der Waals surface area contributed by atoms with Crippen molar-refractivity contribution in [2.45, 2.75) is 0 Å². The minimum Gasteiger partial charge on any atom is -0.310 e. The zero-order chi connectivity index (χ0) is 9.97. The molecule has 2 rings (SSSR count). The molecule has 0 aromatic carbocycles. The first-order valence-corrected chi connectivity index (χ1v) is 4.63. The van der Waals surface area contributed by atoms with Crippen LogP contribution in [0.5, 0.6) is 0 Å². The molecular weight excluding hydrogens is 202 g/mol. The number of hydrogen-bond donors (Lipinski definition) is 1. The first-order chi connectivity index (χ1) is 6.81. The number of pyridine rings is 1. The molecule has 14 heavy (non-hydrogen) atoms. The van der Waals surface area contributed by atoms with Gasteiger partial charge in [0.1, 0.15) is 11.7 Å². The number of nitrogens with one attached hydrogen (secondary N) is 1. The van der Waals surface area contributed by atoms with E-state index >= 15 is 0 Å². The number of halogens is 1. The van der Waals surface area contributed by atoms with E-state index in [4.69, 9.17) is 11.6 Å². The van der Waals surface area contributed by atoms with Gasteiger partial charge in [-0.3, -0.25) is 4.79 Å². The predicted octanol–water partition coefficient (Wildman–Crippen LogP) is 1.51. The maximum absolute atomic E-state index is 11.1. The third kappa shape index (κ3) is 1.56. The quantitative estimate of drug-likeness (QED) is 0.763. The molecule has 0 saturated carbocycles. The number of alkyl halides is 1. The normalized spacial score (nSPS) is 10.4. The summed E-state index contributed by atoms with van der Waals surface area (Å²) < 4.78 is 1.64. The lowest BCUT2D eigenvalue weighted by Crippen LogP contribution is -2.15. The van der Waals surface area contributed by atoms with Gasteiger partial charge in [0.05, 0.1) is 11.7 Å². The molecule has 0 aliphatic heterocycles. The van der Waals surface area contributed by atoms with E-state index in [1.807, 2.05) is 18.2 Å². The minimum absolute atomic E-state index is 0.0579. The van der Waals surface area contributed by atoms with E-state index in [1.54, 1.807) is 16.8 Å². The van der Waals surface area contributed by atoms with Crippen LogP contribution in [0, 0.1) is 0 Å². The summed E-state index contributed by atoms with van der Waals surface area (Å²) in [7, 11) is 0. The lowest BCUT2D eigenvalue weighted by Gasteiger charge is -2.04. The second-order valence-electron chi connectivity index (χ2n) is 2.76. The Bertz CT molecular complexity index is 466. The number of aromatic nitrogens is 2. The molecule has 0 aliphatic rings. The molecule has 1 amide bonds. The Kier molecular flexibility index (Phi) is 2.37. The number of carbonyl (C=O) groups excluding carboxylic acids is 1. The van der Waals surface area contributed by atoms with Crippen molar-refractivity contribution in [1.82, 2.24) is 9.61 Å². The fourth-order valence-corrected chi connectivity index (χ4v) is 1.29. The minimum atomic E-state index is -0.241. The molecule has 0 spiro atoms. The third-order valence-electron chi connectivity index (χ3n) is 1.81. The number of nitrogens with zero attached hydrogens (tertiary/aromatic N) is 2. The van der Waals surface area contributed by atoms with E-state index in [0.717, 1.165) is 5.52 Å². The van der Waals surface area contributed by atoms with Crippen molar-refractivity contribution in [1.29, 1.82) is 0 Å². The topological polar surface area (TPSA) is 46.4 Å². The van der Waals surface area contributed by atoms with Crippen LogP contribution in [0.25, 0.3) is 5.52 Å². The Hall–Kier alpha value is -1.55. The van der Waals surface area contributed by atoms with Crippen molar-refractivity contribution in [3.63, 3.8) is 0 Å². The Morgan fingerprint density at radius 1 is 1.50 bits per heavy atom. The third-order valence-corrected chi connectivity index (χ3v) is 2.05. The van der Waals surface area contributed by atoms with Gasteiger partial charge in [-0.25, -0.2) is 4.52 Å². The molecule has 0 radical (unpaired) electrons. The molecule has 2 aromatic heterocycles. The Morgan fingerprint density at radius 3 is 3.14 bits per heavy atom. The van der Waals surface area contributed by atoms with Crippen LogP contribution in [0.1, 0.15) is 0 Å². The first-order valence-electron chi connectivity index (χ1n) is 4.10. The largest absolute Gasteiger partial charge is 0.310 e. The van der Waals surface area contributed by atoms with Crippen LogP contribution >= 0.6 is 11.6 Å². The van der Waals surface area contributed by atoms with Gasteiger partial charge in [0, 0.05) is 0 Å². The van der Waals surface area contributed by atoms with Gasteiger partial charge < -0.3 is 5.32 Å². The van der Waals surface area contributed by atoms with Gasteiger partial charge >= 0.3 is 0 Å². The standard InChI is InChI=1S/C9H8ClN3O/c10-6-9(14)12-8-3-1-2-7-4-5-11-13(7)8/h1-5H,6H2,(H,12,14). The zero-order valence-electron chi connectivity index (χ0n) is 7.27. The Morgan fingerprint density at radius 2 is 2.36 bits per heavy atom. The molecule has 72 valence electrons. The van der Waals surface area contributed by atoms with Crippen molar-refractivity contribution in [3.05, 3.63) is 30.5 Å². The predicted molar refractivity (Wildman–Crippen MR) is 54.5 cm³/mol. The highest BCUT2D eigenvalue weighted by Crippen LogP contribution is 2.10. The first kappa shape index (κ1) is 9.02. The van der Waals surface area contributed by atoms with Crippen LogP contribution in [-0.2, 0) is 4.79 Å². The van der Waals surface area contributed by atoms with Crippen molar-refractivity contribution in [2.75, 3.05) is 11.2 Å². The molecule has 0 saturated heterocycles. The molecule has 2 aromatic rings. The highest BCUT2D eigenvalue weighted by molar-refractivity contribution is 6.29. The van der Waals surface area contributed by atoms with Gasteiger partial charge in [0.15, 0.2) is 0 Å². The van der Waals surface area contributed by atoms with E-state index < -0.39 is 0 Å². The van der Waals surface area contributed by atoms with Crippen LogP contribution in [0.15, 0.2) is 30.5 Å². The average Bonchev–Trinajstić information content (AvgIpc) is 2.66. The molecule has 0 atom stereocenters. The number of hydrogen-bond acceptors (Lipinski definition) is 2. The van der Waals surface area contributed by atoms with E-state index in [1.165, 1.54) is 0 Å². The number of amides is 1. The molecule has 5 heteroatoms. The number of carbonyl (C=O) groups is 1. The second kappa shape index (κ2) is 3.67. The summed E-state index contributed by atoms with van der Waals surface area (Å²) in [5.74, 6) is 0.324. The van der Waals surface area contributed by atoms with Gasteiger partial charge in [-0.2, -0.15) is 5.10 Å². The summed E-state index contributed by atoms with van der Waals surface area (Å²) in [5, 5.41) is 6.72. The average molecular weight is 210 g/mol. The van der Waals surface area contributed by atoms with Gasteiger partial charge in [-0.05, 0) is 18.2 Å². The molecule has 0 bridgehead atoms. The molecule has 4 nitrogen and oxygen atoms in total. The van der Waals surface area contributed by atoms with Gasteiger partial charge in [-0.15, -0.1) is 11.6 Å². The van der Waals surface area contributed by atoms with E-state index in [-0.39, 0.29) is 11.8 Å². The zero-order valence-corrected chi connectivity index (χ0v) is 8.03. The smallest absolute Gasteiger partial charge is 0.240 e. The van der Waals surface area contributed by atoms with Crippen molar-refractivity contribution >= 4 is 28.8 Å². The summed E-state index contributed by atoms with van der Waals surface area (Å²) >= 11 is 5.39. The van der Waals surface area contributed by atoms with Gasteiger partial charge in [0.25, 0.3) is 0 Å². The van der Waals surface area contributed by atoms with Gasteiger partial charge in [0.2, 0.25) is 5.91 Å². The van der Waals surface area contributed by atoms with E-state index in [0.29, 0.717) is 5.82 Å². The summed E-state index contributed by atoms with van der Waals surface area (Å²) in [5.41, 5.74) is 0.928. The Labute approximate surface area is 85.5 Å². The summed E-state index contributed by atoms with van der Waals surface area (Å²) in [6.07, 6.45) is 1.67. The van der Waals surface area contributed by atoms with Crippen molar-refractivity contribution in [2.24, 2.45) is 0 Å². The molecule has 0 fully saturated rings. The lowest BCUT2D eigenvalue weighted by atomic mass is 10.4. The van der Waals surface area contributed by atoms with Crippen molar-refractivity contribution in [3.8, 4) is 0 Å². The van der Waals surface area contributed by atoms with Crippen LogP contribution in [0.3, 0.4) is 0 Å². The highest BCUT2D eigenvalue weighted by atomic mass is 35.5. The molecular formula is C9H8ClN3O. The second-order valence-corrected chi connectivity index (χ2v) is 3.03. The van der Waals surface area contributed by atoms with Crippen LogP contribution in [0.4, 0.5) is 5.82 Å². The van der Waals surface area contributed by atoms with E-state index in [2.05, 4.69) is 10.4 Å². The van der Waals surface area contributed by atoms with Gasteiger partial charge in [-0.1, -0.05) is 6.07 Å². The summed E-state index contributed by atoms with van der Waals surface area (Å²) in [4.78, 5) is 11.1. The molecule has 0 aliphatic carbocycles. The number of rotatable bonds is 2. The molecule has 1 N–H and O–H groups in total.